The summed E-state index contributed by atoms with van der Waals surface area (Å²) in [4.78, 5) is 11.8. The Balaban J connectivity index is 1.97. The van der Waals surface area contributed by atoms with Gasteiger partial charge in [0, 0.05) is 11.8 Å². The molecule has 0 fully saturated rings. The van der Waals surface area contributed by atoms with Crippen LogP contribution in [0.25, 0.3) is 0 Å². The van der Waals surface area contributed by atoms with Crippen molar-refractivity contribution in [3.63, 3.8) is 0 Å². The molecule has 6 nitrogen and oxygen atoms in total. The first-order chi connectivity index (χ1) is 9.19. The lowest BCUT2D eigenvalue weighted by Gasteiger charge is -2.06. The number of hydrogen-bond acceptors (Lipinski definition) is 4. The number of nitrogens with zero attached hydrogens (tertiary/aromatic N) is 1. The molecule has 0 aliphatic heterocycles. The van der Waals surface area contributed by atoms with E-state index in [0.29, 0.717) is 18.0 Å². The van der Waals surface area contributed by atoms with E-state index >= 15 is 0 Å². The van der Waals surface area contributed by atoms with E-state index in [1.165, 1.54) is 6.07 Å². The molecule has 0 radical (unpaired) electrons. The fraction of sp³-hybridized carbons (Fsp3) is 0.231. The van der Waals surface area contributed by atoms with Gasteiger partial charge in [0.2, 0.25) is 0 Å². The van der Waals surface area contributed by atoms with E-state index in [1.807, 2.05) is 19.1 Å². The Bertz CT molecular complexity index is 548. The summed E-state index contributed by atoms with van der Waals surface area (Å²) < 4.78 is 5.46. The number of aromatic amines is 1. The van der Waals surface area contributed by atoms with Crippen molar-refractivity contribution in [2.45, 2.75) is 13.3 Å². The Labute approximate surface area is 111 Å². The monoisotopic (exact) mass is 260 g/mol. The molecule has 0 saturated carbocycles. The number of benzene rings is 1. The van der Waals surface area contributed by atoms with Crippen molar-refractivity contribution < 1.29 is 9.53 Å². The second kappa shape index (κ2) is 5.90. The first kappa shape index (κ1) is 12.9. The van der Waals surface area contributed by atoms with Crippen molar-refractivity contribution in [3.05, 3.63) is 36.0 Å². The average Bonchev–Trinajstić information content (AvgIpc) is 2.85. The Morgan fingerprint density at radius 2 is 2.16 bits per heavy atom. The highest BCUT2D eigenvalue weighted by molar-refractivity contribution is 6.03. The number of anilines is 2. The van der Waals surface area contributed by atoms with Crippen LogP contribution in [-0.4, -0.2) is 22.7 Å². The third kappa shape index (κ3) is 3.48. The largest absolute Gasteiger partial charge is 0.494 e. The van der Waals surface area contributed by atoms with E-state index < -0.39 is 0 Å². The number of H-pyrrole nitrogens is 1. The molecule has 4 N–H and O–H groups in total. The van der Waals surface area contributed by atoms with Gasteiger partial charge in [-0.2, -0.15) is 5.10 Å². The molecule has 100 valence electrons. The highest BCUT2D eigenvalue weighted by atomic mass is 16.5. The second-order valence-corrected chi connectivity index (χ2v) is 4.03. The van der Waals surface area contributed by atoms with E-state index in [1.54, 1.807) is 12.1 Å². The third-order valence-corrected chi connectivity index (χ3v) is 2.43. The van der Waals surface area contributed by atoms with E-state index in [0.717, 1.165) is 12.2 Å². The smallest absolute Gasteiger partial charge is 0.273 e. The van der Waals surface area contributed by atoms with Gasteiger partial charge in [-0.15, -0.1) is 0 Å². The maximum Gasteiger partial charge on any atom is 0.273 e. The zero-order valence-corrected chi connectivity index (χ0v) is 10.6. The molecule has 0 aliphatic carbocycles. The maximum atomic E-state index is 11.8. The quantitative estimate of drug-likeness (QED) is 0.766. The first-order valence-corrected chi connectivity index (χ1v) is 6.04. The van der Waals surface area contributed by atoms with Crippen molar-refractivity contribution >= 4 is 17.4 Å². The van der Waals surface area contributed by atoms with Gasteiger partial charge in [-0.25, -0.2) is 0 Å². The lowest BCUT2D eigenvalue weighted by molar-refractivity contribution is 0.102. The summed E-state index contributed by atoms with van der Waals surface area (Å²) in [6.45, 7) is 2.73. The number of amides is 1. The molecule has 2 aromatic rings. The minimum Gasteiger partial charge on any atom is -0.494 e. The normalized spacial score (nSPS) is 10.2. The molecule has 1 aromatic carbocycles. The van der Waals surface area contributed by atoms with Gasteiger partial charge >= 0.3 is 0 Å². The molecule has 0 spiro atoms. The van der Waals surface area contributed by atoms with Gasteiger partial charge in [0.1, 0.15) is 17.3 Å². The van der Waals surface area contributed by atoms with Gasteiger partial charge in [-0.3, -0.25) is 9.89 Å². The van der Waals surface area contributed by atoms with Crippen LogP contribution in [0.15, 0.2) is 30.3 Å². The predicted molar refractivity (Wildman–Crippen MR) is 73.2 cm³/mol. The van der Waals surface area contributed by atoms with Crippen LogP contribution >= 0.6 is 0 Å². The highest BCUT2D eigenvalue weighted by Crippen LogP contribution is 2.16. The van der Waals surface area contributed by atoms with Crippen LogP contribution in [0.4, 0.5) is 11.5 Å². The lowest BCUT2D eigenvalue weighted by Crippen LogP contribution is -2.12. The Morgan fingerprint density at radius 1 is 1.42 bits per heavy atom. The van der Waals surface area contributed by atoms with Crippen LogP contribution in [0.2, 0.25) is 0 Å². The van der Waals surface area contributed by atoms with Crippen LogP contribution in [-0.2, 0) is 0 Å². The molecule has 1 aromatic heterocycles. The maximum absolute atomic E-state index is 11.8. The molecule has 0 aliphatic rings. The number of nitrogens with one attached hydrogen (secondary N) is 2. The van der Waals surface area contributed by atoms with E-state index in [-0.39, 0.29) is 11.7 Å². The molecule has 1 amide bonds. The van der Waals surface area contributed by atoms with Gasteiger partial charge < -0.3 is 15.8 Å². The zero-order chi connectivity index (χ0) is 13.7. The van der Waals surface area contributed by atoms with Crippen molar-refractivity contribution in [1.82, 2.24) is 10.2 Å². The molecule has 6 heteroatoms. The van der Waals surface area contributed by atoms with Crippen LogP contribution in [0.3, 0.4) is 0 Å². The molecule has 19 heavy (non-hydrogen) atoms. The van der Waals surface area contributed by atoms with Crippen molar-refractivity contribution in [2.24, 2.45) is 0 Å². The van der Waals surface area contributed by atoms with Crippen molar-refractivity contribution in [3.8, 4) is 5.75 Å². The summed E-state index contributed by atoms with van der Waals surface area (Å²) >= 11 is 0. The number of hydrogen-bond donors (Lipinski definition) is 3. The molecule has 0 bridgehead atoms. The zero-order valence-electron chi connectivity index (χ0n) is 10.6. The lowest BCUT2D eigenvalue weighted by atomic mass is 10.3. The standard InChI is InChI=1S/C13H16N4O2/c1-2-7-19-10-5-3-9(4-6-10)15-13(18)11-8-12(14)17-16-11/h3-6,8H,2,7H2,1H3,(H,15,18)(H3,14,16,17). The number of carbonyl (C=O) groups excluding carboxylic acids is 1. The number of carbonyl (C=O) groups is 1. The first-order valence-electron chi connectivity index (χ1n) is 6.04. The van der Waals surface area contributed by atoms with Crippen LogP contribution in [0, 0.1) is 0 Å². The summed E-state index contributed by atoms with van der Waals surface area (Å²) in [6.07, 6.45) is 0.958. The number of rotatable bonds is 5. The summed E-state index contributed by atoms with van der Waals surface area (Å²) in [6, 6.07) is 8.67. The predicted octanol–water partition coefficient (Wildman–Crippen LogP) is 2.03. The Kier molecular flexibility index (Phi) is 4.02. The second-order valence-electron chi connectivity index (χ2n) is 4.03. The number of ether oxygens (including phenoxy) is 1. The van der Waals surface area contributed by atoms with Gasteiger partial charge in [0.15, 0.2) is 0 Å². The SMILES string of the molecule is CCCOc1ccc(NC(=O)c2cc(N)n[nH]2)cc1. The van der Waals surface area contributed by atoms with Crippen molar-refractivity contribution in [1.29, 1.82) is 0 Å². The molecule has 2 rings (SSSR count). The molecular weight excluding hydrogens is 244 g/mol. The molecule has 0 saturated heterocycles. The van der Waals surface area contributed by atoms with Gasteiger partial charge in [-0.05, 0) is 30.7 Å². The van der Waals surface area contributed by atoms with Crippen LogP contribution in [0.1, 0.15) is 23.8 Å². The summed E-state index contributed by atoms with van der Waals surface area (Å²) in [5.74, 6) is 0.783. The fourth-order valence-electron chi connectivity index (χ4n) is 1.51. The van der Waals surface area contributed by atoms with E-state index in [2.05, 4.69) is 15.5 Å². The third-order valence-electron chi connectivity index (χ3n) is 2.43. The Morgan fingerprint density at radius 3 is 2.74 bits per heavy atom. The minimum absolute atomic E-state index is 0.286. The van der Waals surface area contributed by atoms with Crippen LogP contribution in [0.5, 0.6) is 5.75 Å². The number of nitrogens with two attached hydrogens (primary N) is 1. The number of aromatic nitrogens is 2. The average molecular weight is 260 g/mol. The number of nitrogen functional groups attached to an aromatic ring is 1. The van der Waals surface area contributed by atoms with Crippen LogP contribution < -0.4 is 15.8 Å². The Hall–Kier alpha value is -2.50. The van der Waals surface area contributed by atoms with E-state index in [4.69, 9.17) is 10.5 Å². The topological polar surface area (TPSA) is 93.0 Å². The highest BCUT2D eigenvalue weighted by Gasteiger charge is 2.08. The minimum atomic E-state index is -0.286. The summed E-state index contributed by atoms with van der Waals surface area (Å²) in [5, 5.41) is 8.99. The van der Waals surface area contributed by atoms with Gasteiger partial charge in [-0.1, -0.05) is 6.92 Å². The summed E-state index contributed by atoms with van der Waals surface area (Å²) in [5.41, 5.74) is 6.44. The fourth-order valence-corrected chi connectivity index (χ4v) is 1.51. The molecule has 0 atom stereocenters. The van der Waals surface area contributed by atoms with Gasteiger partial charge in [0.05, 0.1) is 6.61 Å². The molecule has 0 unspecified atom stereocenters. The van der Waals surface area contributed by atoms with Crippen molar-refractivity contribution in [2.75, 3.05) is 17.7 Å². The van der Waals surface area contributed by atoms with Gasteiger partial charge in [0.25, 0.3) is 5.91 Å². The molecule has 1 heterocycles. The molecular formula is C13H16N4O2. The summed E-state index contributed by atoms with van der Waals surface area (Å²) in [7, 11) is 0. The van der Waals surface area contributed by atoms with E-state index in [9.17, 15) is 4.79 Å².